The standard InChI is InChI=1S/C16H20FNO2/c1-9-2-3-12(7-14(9)17)16(20)18-15-11-5-4-10(6-11)13(15)8-19/h2-3,7,10-11,13,15,19H,4-6,8H2,1H3,(H,18,20). The van der Waals surface area contributed by atoms with Gasteiger partial charge in [-0.05, 0) is 55.7 Å². The molecule has 4 unspecified atom stereocenters. The van der Waals surface area contributed by atoms with Crippen LogP contribution in [0.5, 0.6) is 0 Å². The molecule has 1 amide bonds. The lowest BCUT2D eigenvalue weighted by molar-refractivity contribution is 0.0861. The first-order valence-corrected chi connectivity index (χ1v) is 7.28. The molecule has 1 aromatic rings. The highest BCUT2D eigenvalue weighted by molar-refractivity contribution is 5.94. The van der Waals surface area contributed by atoms with Gasteiger partial charge in [0.25, 0.3) is 5.91 Å². The van der Waals surface area contributed by atoms with Gasteiger partial charge in [-0.3, -0.25) is 4.79 Å². The van der Waals surface area contributed by atoms with Crippen molar-refractivity contribution in [2.45, 2.75) is 32.2 Å². The second kappa shape index (κ2) is 5.17. The Bertz CT molecular complexity index is 531. The molecular weight excluding hydrogens is 257 g/mol. The van der Waals surface area contributed by atoms with Crippen molar-refractivity contribution in [1.29, 1.82) is 0 Å². The third-order valence-corrected chi connectivity index (χ3v) is 5.03. The molecule has 0 aliphatic heterocycles. The zero-order valence-electron chi connectivity index (χ0n) is 11.6. The van der Waals surface area contributed by atoms with E-state index >= 15 is 0 Å². The molecule has 2 aliphatic carbocycles. The van der Waals surface area contributed by atoms with E-state index in [9.17, 15) is 14.3 Å². The van der Waals surface area contributed by atoms with E-state index in [2.05, 4.69) is 5.32 Å². The largest absolute Gasteiger partial charge is 0.396 e. The second-order valence-electron chi connectivity index (χ2n) is 6.14. The minimum absolute atomic E-state index is 0.0376. The third kappa shape index (κ3) is 2.22. The lowest BCUT2D eigenvalue weighted by Gasteiger charge is -2.30. The minimum atomic E-state index is -0.357. The first-order valence-electron chi connectivity index (χ1n) is 7.28. The normalized spacial score (nSPS) is 31.6. The summed E-state index contributed by atoms with van der Waals surface area (Å²) in [5, 5.41) is 12.5. The Kier molecular flexibility index (Phi) is 3.50. The van der Waals surface area contributed by atoms with Crippen LogP contribution in [0.3, 0.4) is 0 Å². The van der Waals surface area contributed by atoms with Crippen LogP contribution in [-0.4, -0.2) is 23.7 Å². The number of fused-ring (bicyclic) bond motifs is 2. The first-order chi connectivity index (χ1) is 9.60. The van der Waals surface area contributed by atoms with Crippen molar-refractivity contribution < 1.29 is 14.3 Å². The van der Waals surface area contributed by atoms with Gasteiger partial charge in [0.15, 0.2) is 0 Å². The van der Waals surface area contributed by atoms with Crippen LogP contribution in [0.1, 0.15) is 35.2 Å². The van der Waals surface area contributed by atoms with E-state index in [1.165, 1.54) is 6.07 Å². The van der Waals surface area contributed by atoms with Crippen molar-refractivity contribution >= 4 is 5.91 Å². The van der Waals surface area contributed by atoms with Crippen LogP contribution < -0.4 is 5.32 Å². The van der Waals surface area contributed by atoms with Crippen molar-refractivity contribution in [1.82, 2.24) is 5.32 Å². The van der Waals surface area contributed by atoms with Crippen LogP contribution >= 0.6 is 0 Å². The Balaban J connectivity index is 1.74. The predicted octanol–water partition coefficient (Wildman–Crippen LogP) is 2.27. The SMILES string of the molecule is Cc1ccc(C(=O)NC2C3CCC(C3)C2CO)cc1F. The number of halogens is 1. The van der Waals surface area contributed by atoms with Gasteiger partial charge in [0.1, 0.15) is 5.82 Å². The van der Waals surface area contributed by atoms with Crippen molar-refractivity contribution in [2.24, 2.45) is 17.8 Å². The Morgan fingerprint density at radius 3 is 2.85 bits per heavy atom. The number of benzene rings is 1. The maximum atomic E-state index is 13.5. The van der Waals surface area contributed by atoms with Crippen LogP contribution in [0.15, 0.2) is 18.2 Å². The van der Waals surface area contributed by atoms with E-state index in [-0.39, 0.29) is 30.3 Å². The van der Waals surface area contributed by atoms with Gasteiger partial charge in [-0.25, -0.2) is 4.39 Å². The van der Waals surface area contributed by atoms with Crippen LogP contribution in [0, 0.1) is 30.5 Å². The molecule has 0 radical (unpaired) electrons. The van der Waals surface area contributed by atoms with E-state index in [1.807, 2.05) is 0 Å². The van der Waals surface area contributed by atoms with Crippen molar-refractivity contribution in [3.05, 3.63) is 35.1 Å². The highest BCUT2D eigenvalue weighted by atomic mass is 19.1. The summed E-state index contributed by atoms with van der Waals surface area (Å²) in [6.45, 7) is 1.79. The molecule has 2 bridgehead atoms. The lowest BCUT2D eigenvalue weighted by atomic mass is 9.85. The molecule has 2 saturated carbocycles. The van der Waals surface area contributed by atoms with E-state index in [1.54, 1.807) is 19.1 Å². The summed E-state index contributed by atoms with van der Waals surface area (Å²) in [5.74, 6) is 0.568. The quantitative estimate of drug-likeness (QED) is 0.890. The fraction of sp³-hybridized carbons (Fsp3) is 0.562. The van der Waals surface area contributed by atoms with Gasteiger partial charge in [0.05, 0.1) is 0 Å². The Morgan fingerprint density at radius 2 is 2.15 bits per heavy atom. The van der Waals surface area contributed by atoms with Gasteiger partial charge < -0.3 is 10.4 Å². The van der Waals surface area contributed by atoms with E-state index in [4.69, 9.17) is 0 Å². The molecule has 4 atom stereocenters. The predicted molar refractivity (Wildman–Crippen MR) is 73.8 cm³/mol. The summed E-state index contributed by atoms with van der Waals surface area (Å²) in [6.07, 6.45) is 3.37. The second-order valence-corrected chi connectivity index (χ2v) is 6.14. The average molecular weight is 277 g/mol. The zero-order chi connectivity index (χ0) is 14.3. The molecule has 3 nitrogen and oxygen atoms in total. The van der Waals surface area contributed by atoms with Crippen LogP contribution in [0.25, 0.3) is 0 Å². The molecule has 0 heterocycles. The summed E-state index contributed by atoms with van der Waals surface area (Å²) in [7, 11) is 0. The molecule has 0 saturated heterocycles. The maximum absolute atomic E-state index is 13.5. The molecule has 3 rings (SSSR count). The van der Waals surface area contributed by atoms with E-state index < -0.39 is 0 Å². The molecule has 2 aliphatic rings. The first kappa shape index (κ1) is 13.6. The number of carbonyl (C=O) groups excluding carboxylic acids is 1. The topological polar surface area (TPSA) is 49.3 Å². The van der Waals surface area contributed by atoms with Crippen LogP contribution in [-0.2, 0) is 0 Å². The Hall–Kier alpha value is -1.42. The number of hydrogen-bond donors (Lipinski definition) is 2. The average Bonchev–Trinajstić information content (AvgIpc) is 3.02. The fourth-order valence-electron chi connectivity index (χ4n) is 3.87. The molecule has 4 heteroatoms. The van der Waals surface area contributed by atoms with Gasteiger partial charge >= 0.3 is 0 Å². The Labute approximate surface area is 118 Å². The summed E-state index contributed by atoms with van der Waals surface area (Å²) in [4.78, 5) is 12.2. The van der Waals surface area contributed by atoms with Crippen molar-refractivity contribution in [3.63, 3.8) is 0 Å². The molecule has 0 aromatic heterocycles. The summed E-state index contributed by atoms with van der Waals surface area (Å²) in [6, 6.07) is 4.59. The monoisotopic (exact) mass is 277 g/mol. The highest BCUT2D eigenvalue weighted by Crippen LogP contribution is 2.48. The number of aliphatic hydroxyl groups excluding tert-OH is 1. The van der Waals surface area contributed by atoms with Gasteiger partial charge in [0, 0.05) is 24.1 Å². The molecule has 108 valence electrons. The van der Waals surface area contributed by atoms with E-state index in [0.717, 1.165) is 19.3 Å². The zero-order valence-corrected chi connectivity index (χ0v) is 11.6. The molecule has 1 aromatic carbocycles. The number of amides is 1. The number of aryl methyl sites for hydroxylation is 1. The number of rotatable bonds is 3. The van der Waals surface area contributed by atoms with Crippen LogP contribution in [0.4, 0.5) is 4.39 Å². The van der Waals surface area contributed by atoms with E-state index in [0.29, 0.717) is 23.0 Å². The number of hydrogen-bond acceptors (Lipinski definition) is 2. The van der Waals surface area contributed by atoms with Crippen molar-refractivity contribution in [2.75, 3.05) is 6.61 Å². The van der Waals surface area contributed by atoms with Gasteiger partial charge in [0.2, 0.25) is 0 Å². The summed E-state index contributed by atoms with van der Waals surface area (Å²) >= 11 is 0. The molecule has 0 spiro atoms. The Morgan fingerprint density at radius 1 is 1.40 bits per heavy atom. The number of carbonyl (C=O) groups is 1. The van der Waals surface area contributed by atoms with Gasteiger partial charge in [-0.1, -0.05) is 6.07 Å². The molecule has 20 heavy (non-hydrogen) atoms. The van der Waals surface area contributed by atoms with Gasteiger partial charge in [-0.2, -0.15) is 0 Å². The van der Waals surface area contributed by atoms with Crippen LogP contribution in [0.2, 0.25) is 0 Å². The minimum Gasteiger partial charge on any atom is -0.396 e. The maximum Gasteiger partial charge on any atom is 0.251 e. The van der Waals surface area contributed by atoms with Gasteiger partial charge in [-0.15, -0.1) is 0 Å². The third-order valence-electron chi connectivity index (χ3n) is 5.03. The highest BCUT2D eigenvalue weighted by Gasteiger charge is 2.47. The molecular formula is C16H20FNO2. The molecule has 2 N–H and O–H groups in total. The smallest absolute Gasteiger partial charge is 0.251 e. The van der Waals surface area contributed by atoms with Crippen molar-refractivity contribution in [3.8, 4) is 0 Å². The summed E-state index contributed by atoms with van der Waals surface area (Å²) < 4.78 is 13.5. The summed E-state index contributed by atoms with van der Waals surface area (Å²) in [5.41, 5.74) is 0.891. The number of aliphatic hydroxyl groups is 1. The molecule has 2 fully saturated rings. The fourth-order valence-corrected chi connectivity index (χ4v) is 3.87. The lowest BCUT2D eigenvalue weighted by Crippen LogP contribution is -2.45. The number of nitrogens with one attached hydrogen (secondary N) is 1.